The van der Waals surface area contributed by atoms with Gasteiger partial charge in [0.1, 0.15) is 0 Å². The Kier molecular flexibility index (Phi) is 4.20. The number of fused-ring (bicyclic) bond motifs is 1. The second-order valence-corrected chi connectivity index (χ2v) is 5.04. The lowest BCUT2D eigenvalue weighted by Crippen LogP contribution is -2.49. The smallest absolute Gasteiger partial charge is 0.327 e. The second kappa shape index (κ2) is 5.97. The first-order valence-electron chi connectivity index (χ1n) is 6.89. The third kappa shape index (κ3) is 2.15. The largest absolute Gasteiger partial charge is 0.465 e. The van der Waals surface area contributed by atoms with E-state index < -0.39 is 28.3 Å². The summed E-state index contributed by atoms with van der Waals surface area (Å²) in [5.74, 6) is -3.22. The van der Waals surface area contributed by atoms with Gasteiger partial charge in [-0.2, -0.15) is 10.5 Å². The van der Waals surface area contributed by atoms with Gasteiger partial charge >= 0.3 is 5.97 Å². The monoisotopic (exact) mass is 328 g/mol. The molecule has 0 saturated heterocycles. The Morgan fingerprint density at radius 1 is 1.50 bits per heavy atom. The highest BCUT2D eigenvalue weighted by atomic mass is 16.6. The van der Waals surface area contributed by atoms with E-state index in [-0.39, 0.29) is 23.4 Å². The third-order valence-electron chi connectivity index (χ3n) is 3.93. The fraction of sp³-hybridized carbons (Fsp3) is 0.333. The molecule has 122 valence electrons. The van der Waals surface area contributed by atoms with Crippen LogP contribution in [0.4, 0.5) is 5.69 Å². The fourth-order valence-electron chi connectivity index (χ4n) is 2.76. The SMILES string of the molecule is CCOC(=O)C(C#N)C1(C#N)c2cc([N+](=O)[O-])ccc2C(=O)N1C. The van der Waals surface area contributed by atoms with Gasteiger partial charge in [0.15, 0.2) is 11.5 Å². The molecule has 24 heavy (non-hydrogen) atoms. The second-order valence-electron chi connectivity index (χ2n) is 5.04. The maximum atomic E-state index is 12.4. The number of carbonyl (C=O) groups excluding carboxylic acids is 2. The Balaban J connectivity index is 2.76. The van der Waals surface area contributed by atoms with Crippen LogP contribution < -0.4 is 0 Å². The number of nitro benzene ring substituents is 1. The third-order valence-corrected chi connectivity index (χ3v) is 3.93. The average molecular weight is 328 g/mol. The summed E-state index contributed by atoms with van der Waals surface area (Å²) in [6.45, 7) is 1.52. The van der Waals surface area contributed by atoms with Crippen LogP contribution in [0.15, 0.2) is 18.2 Å². The molecule has 1 heterocycles. The zero-order valence-corrected chi connectivity index (χ0v) is 12.8. The van der Waals surface area contributed by atoms with Crippen LogP contribution in [0, 0.1) is 38.7 Å². The van der Waals surface area contributed by atoms with Crippen molar-refractivity contribution in [3.05, 3.63) is 39.4 Å². The molecule has 2 unspecified atom stereocenters. The van der Waals surface area contributed by atoms with Crippen molar-refractivity contribution in [2.45, 2.75) is 12.5 Å². The molecule has 0 aromatic heterocycles. The summed E-state index contributed by atoms with van der Waals surface area (Å²) < 4.78 is 4.83. The van der Waals surface area contributed by atoms with Crippen molar-refractivity contribution in [3.63, 3.8) is 0 Å². The number of hydrogen-bond donors (Lipinski definition) is 0. The molecule has 1 aliphatic rings. The highest BCUT2D eigenvalue weighted by Crippen LogP contribution is 2.44. The van der Waals surface area contributed by atoms with Crippen LogP contribution in [0.2, 0.25) is 0 Å². The van der Waals surface area contributed by atoms with E-state index in [0.717, 1.165) is 17.0 Å². The summed E-state index contributed by atoms with van der Waals surface area (Å²) in [6.07, 6.45) is 0. The Hall–Kier alpha value is -3.46. The quantitative estimate of drug-likeness (QED) is 0.458. The van der Waals surface area contributed by atoms with Crippen LogP contribution in [0.1, 0.15) is 22.8 Å². The van der Waals surface area contributed by atoms with Crippen molar-refractivity contribution >= 4 is 17.6 Å². The maximum absolute atomic E-state index is 12.4. The molecule has 2 atom stereocenters. The summed E-state index contributed by atoms with van der Waals surface area (Å²) in [6, 6.07) is 6.92. The molecule has 1 aliphatic heterocycles. The number of nitro groups is 1. The molecule has 1 amide bonds. The molecule has 0 N–H and O–H groups in total. The van der Waals surface area contributed by atoms with E-state index in [9.17, 15) is 30.2 Å². The van der Waals surface area contributed by atoms with E-state index in [1.54, 1.807) is 6.07 Å². The number of esters is 1. The lowest BCUT2D eigenvalue weighted by Gasteiger charge is -2.32. The van der Waals surface area contributed by atoms with Crippen molar-refractivity contribution in [2.24, 2.45) is 5.92 Å². The summed E-state index contributed by atoms with van der Waals surface area (Å²) in [4.78, 5) is 35.8. The molecule has 1 aromatic carbocycles. The standard InChI is InChI=1S/C15H12N4O5/c1-3-24-14(21)12(7-16)15(8-17)11-6-9(19(22)23)4-5-10(11)13(20)18(15)2/h4-6,12H,3H2,1-2H3. The number of nitriles is 2. The molecule has 9 nitrogen and oxygen atoms in total. The molecule has 0 radical (unpaired) electrons. The fourth-order valence-corrected chi connectivity index (χ4v) is 2.76. The van der Waals surface area contributed by atoms with E-state index >= 15 is 0 Å². The Labute approximate surface area is 136 Å². The highest BCUT2D eigenvalue weighted by Gasteiger charge is 2.57. The number of non-ortho nitro benzene ring substituents is 1. The van der Waals surface area contributed by atoms with Crippen LogP contribution in [0.25, 0.3) is 0 Å². The van der Waals surface area contributed by atoms with Gasteiger partial charge < -0.3 is 9.64 Å². The number of hydrogen-bond acceptors (Lipinski definition) is 7. The van der Waals surface area contributed by atoms with Gasteiger partial charge in [0.2, 0.25) is 0 Å². The van der Waals surface area contributed by atoms with Gasteiger partial charge in [-0.1, -0.05) is 0 Å². The van der Waals surface area contributed by atoms with E-state index in [1.807, 2.05) is 6.07 Å². The molecule has 0 aliphatic carbocycles. The van der Waals surface area contributed by atoms with Gasteiger partial charge in [0, 0.05) is 30.3 Å². The van der Waals surface area contributed by atoms with E-state index in [1.165, 1.54) is 20.0 Å². The Bertz CT molecular complexity index is 822. The maximum Gasteiger partial charge on any atom is 0.327 e. The lowest BCUT2D eigenvalue weighted by molar-refractivity contribution is -0.385. The van der Waals surface area contributed by atoms with Crippen LogP contribution in [0.5, 0.6) is 0 Å². The van der Waals surface area contributed by atoms with Crippen LogP contribution >= 0.6 is 0 Å². The number of rotatable bonds is 4. The summed E-state index contributed by atoms with van der Waals surface area (Å²) in [5, 5.41) is 30.1. The summed E-state index contributed by atoms with van der Waals surface area (Å²) >= 11 is 0. The molecule has 9 heteroatoms. The van der Waals surface area contributed by atoms with Gasteiger partial charge in [0.05, 0.1) is 23.7 Å². The van der Waals surface area contributed by atoms with Gasteiger partial charge in [-0.05, 0) is 13.0 Å². The Morgan fingerprint density at radius 2 is 2.17 bits per heavy atom. The first-order valence-corrected chi connectivity index (χ1v) is 6.89. The number of benzene rings is 1. The lowest BCUT2D eigenvalue weighted by atomic mass is 9.79. The molecule has 0 fully saturated rings. The minimum atomic E-state index is -1.99. The van der Waals surface area contributed by atoms with Crippen molar-refractivity contribution in [1.82, 2.24) is 4.90 Å². The van der Waals surface area contributed by atoms with Crippen molar-refractivity contribution in [1.29, 1.82) is 10.5 Å². The Morgan fingerprint density at radius 3 is 2.67 bits per heavy atom. The van der Waals surface area contributed by atoms with E-state index in [0.29, 0.717) is 0 Å². The van der Waals surface area contributed by atoms with Crippen LogP contribution in [-0.4, -0.2) is 35.4 Å². The van der Waals surface area contributed by atoms with E-state index in [4.69, 9.17) is 4.74 Å². The molecule has 2 rings (SSSR count). The first-order chi connectivity index (χ1) is 11.3. The molecule has 0 spiro atoms. The number of nitrogens with zero attached hydrogens (tertiary/aromatic N) is 4. The van der Waals surface area contributed by atoms with E-state index in [2.05, 4.69) is 0 Å². The molecule has 1 aromatic rings. The topological polar surface area (TPSA) is 137 Å². The van der Waals surface area contributed by atoms with Gasteiger partial charge in [-0.15, -0.1) is 0 Å². The molecule has 0 saturated carbocycles. The van der Waals surface area contributed by atoms with Crippen LogP contribution in [0.3, 0.4) is 0 Å². The van der Waals surface area contributed by atoms with Gasteiger partial charge in [-0.25, -0.2) is 0 Å². The predicted octanol–water partition coefficient (Wildman–Crippen LogP) is 1.10. The minimum Gasteiger partial charge on any atom is -0.465 e. The van der Waals surface area contributed by atoms with Crippen LogP contribution in [-0.2, 0) is 15.1 Å². The first kappa shape index (κ1) is 16.9. The summed E-state index contributed by atoms with van der Waals surface area (Å²) in [7, 11) is 1.26. The summed E-state index contributed by atoms with van der Waals surface area (Å²) in [5.41, 5.74) is -2.35. The zero-order chi connectivity index (χ0) is 18.1. The predicted molar refractivity (Wildman–Crippen MR) is 78.2 cm³/mol. The average Bonchev–Trinajstić information content (AvgIpc) is 2.78. The molecule has 0 bridgehead atoms. The number of carbonyl (C=O) groups is 2. The van der Waals surface area contributed by atoms with Gasteiger partial charge in [-0.3, -0.25) is 19.7 Å². The number of ether oxygens (including phenoxy) is 1. The normalized spacial score (nSPS) is 19.8. The highest BCUT2D eigenvalue weighted by molar-refractivity contribution is 6.02. The number of amides is 1. The van der Waals surface area contributed by atoms with Crippen molar-refractivity contribution in [2.75, 3.05) is 13.7 Å². The minimum absolute atomic E-state index is 0.0159. The zero-order valence-electron chi connectivity index (χ0n) is 12.8. The molecular weight excluding hydrogens is 316 g/mol. The van der Waals surface area contributed by atoms with Gasteiger partial charge in [0.25, 0.3) is 11.6 Å². The molecular formula is C15H12N4O5. The van der Waals surface area contributed by atoms with Crippen molar-refractivity contribution in [3.8, 4) is 12.1 Å². The van der Waals surface area contributed by atoms with Crippen molar-refractivity contribution < 1.29 is 19.2 Å².